The number of rotatable bonds is 8. The van der Waals surface area contributed by atoms with Crippen LogP contribution in [0, 0.1) is 5.41 Å². The fraction of sp³-hybridized carbons (Fsp3) is 0.519. The molecule has 1 saturated heterocycles. The van der Waals surface area contributed by atoms with Crippen LogP contribution in [-0.2, 0) is 16.1 Å². The summed E-state index contributed by atoms with van der Waals surface area (Å²) in [6.07, 6.45) is 5.26. The van der Waals surface area contributed by atoms with E-state index in [1.165, 1.54) is 4.90 Å². The van der Waals surface area contributed by atoms with Crippen molar-refractivity contribution in [2.45, 2.75) is 70.7 Å². The predicted molar refractivity (Wildman–Crippen MR) is 139 cm³/mol. The number of aromatic nitrogens is 5. The van der Waals surface area contributed by atoms with Crippen LogP contribution < -0.4 is 10.1 Å². The Balaban J connectivity index is 1.27. The molecule has 202 valence electrons. The number of aliphatic hydroxyl groups excluding tert-OH is 1. The third-order valence-corrected chi connectivity index (χ3v) is 7.13. The Labute approximate surface area is 221 Å². The van der Waals surface area contributed by atoms with Crippen molar-refractivity contribution < 1.29 is 19.4 Å². The Hall–Kier alpha value is -3.73. The maximum atomic E-state index is 13.8. The fourth-order valence-electron chi connectivity index (χ4n) is 4.96. The summed E-state index contributed by atoms with van der Waals surface area (Å²) in [6.45, 7) is 6.20. The molecular formula is C27H35N7O4. The minimum atomic E-state index is -0.780. The molecule has 1 aliphatic carbocycles. The summed E-state index contributed by atoms with van der Waals surface area (Å²) >= 11 is 0. The molecule has 1 saturated carbocycles. The zero-order valence-electron chi connectivity index (χ0n) is 22.2. The van der Waals surface area contributed by atoms with E-state index in [2.05, 4.69) is 20.7 Å². The number of aliphatic hydroxyl groups is 1. The van der Waals surface area contributed by atoms with Gasteiger partial charge in [-0.2, -0.15) is 5.10 Å². The highest BCUT2D eigenvalue weighted by molar-refractivity contribution is 5.90. The van der Waals surface area contributed by atoms with Crippen molar-refractivity contribution in [3.8, 4) is 11.4 Å². The molecule has 2 fully saturated rings. The second kappa shape index (κ2) is 10.2. The maximum absolute atomic E-state index is 13.8. The molecule has 0 spiro atoms. The van der Waals surface area contributed by atoms with E-state index in [-0.39, 0.29) is 31.3 Å². The molecule has 0 radical (unpaired) electrons. The van der Waals surface area contributed by atoms with Gasteiger partial charge < -0.3 is 20.1 Å². The Kier molecular flexibility index (Phi) is 6.95. The van der Waals surface area contributed by atoms with Crippen LogP contribution in [0.2, 0.25) is 0 Å². The van der Waals surface area contributed by atoms with Crippen LogP contribution in [0.5, 0.6) is 5.75 Å². The standard InChI is InChI=1S/C27H35N7O4/c1-27(2,3)24(34-16-22(29-31-34)17-5-6-17)26(37)32-15-20(35)13-23(32)25(36)28-14-18-11-12-33(30-18)19-7-9-21(38-4)10-8-19/h7-12,16-17,20,23-24,35H,5-6,13-15H2,1-4H3,(H,28,36)/t20-,23+,24-/m1/s1. The van der Waals surface area contributed by atoms with E-state index in [9.17, 15) is 14.7 Å². The lowest BCUT2D eigenvalue weighted by molar-refractivity contribution is -0.144. The highest BCUT2D eigenvalue weighted by Gasteiger charge is 2.45. The van der Waals surface area contributed by atoms with Crippen molar-refractivity contribution in [1.29, 1.82) is 0 Å². The van der Waals surface area contributed by atoms with Gasteiger partial charge in [-0.1, -0.05) is 26.0 Å². The first-order valence-electron chi connectivity index (χ1n) is 13.0. The Morgan fingerprint density at radius 1 is 1.18 bits per heavy atom. The molecule has 2 aromatic heterocycles. The summed E-state index contributed by atoms with van der Waals surface area (Å²) in [6, 6.07) is 7.89. The van der Waals surface area contributed by atoms with Crippen LogP contribution in [0.25, 0.3) is 5.69 Å². The van der Waals surface area contributed by atoms with Crippen LogP contribution in [0.15, 0.2) is 42.7 Å². The van der Waals surface area contributed by atoms with Crippen LogP contribution in [0.4, 0.5) is 0 Å². The zero-order chi connectivity index (χ0) is 27.0. The van der Waals surface area contributed by atoms with Gasteiger partial charge in [0.15, 0.2) is 0 Å². The first kappa shape index (κ1) is 25.9. The normalized spacial score (nSPS) is 20.4. The Bertz CT molecular complexity index is 1290. The number of benzene rings is 1. The van der Waals surface area contributed by atoms with Crippen molar-refractivity contribution in [2.24, 2.45) is 5.41 Å². The van der Waals surface area contributed by atoms with Gasteiger partial charge in [-0.15, -0.1) is 5.10 Å². The van der Waals surface area contributed by atoms with E-state index in [0.717, 1.165) is 30.0 Å². The van der Waals surface area contributed by atoms with E-state index >= 15 is 0 Å². The first-order valence-corrected chi connectivity index (χ1v) is 13.0. The summed E-state index contributed by atoms with van der Waals surface area (Å²) in [5, 5.41) is 26.4. The van der Waals surface area contributed by atoms with E-state index in [4.69, 9.17) is 4.74 Å². The number of carbonyl (C=O) groups is 2. The summed E-state index contributed by atoms with van der Waals surface area (Å²) in [5.41, 5.74) is 1.96. The predicted octanol–water partition coefficient (Wildman–Crippen LogP) is 2.22. The van der Waals surface area contributed by atoms with E-state index in [1.807, 2.05) is 63.5 Å². The van der Waals surface area contributed by atoms with Gasteiger partial charge in [-0.05, 0) is 48.6 Å². The molecule has 0 bridgehead atoms. The van der Waals surface area contributed by atoms with Crippen molar-refractivity contribution in [3.05, 3.63) is 54.1 Å². The first-order chi connectivity index (χ1) is 18.1. The summed E-state index contributed by atoms with van der Waals surface area (Å²) in [4.78, 5) is 28.6. The zero-order valence-corrected chi connectivity index (χ0v) is 22.2. The number of nitrogens with one attached hydrogen (secondary N) is 1. The van der Waals surface area contributed by atoms with Crippen molar-refractivity contribution in [1.82, 2.24) is 35.0 Å². The molecule has 3 heterocycles. The number of nitrogens with zero attached hydrogens (tertiary/aromatic N) is 6. The fourth-order valence-corrected chi connectivity index (χ4v) is 4.96. The highest BCUT2D eigenvalue weighted by Crippen LogP contribution is 2.40. The van der Waals surface area contributed by atoms with Crippen molar-refractivity contribution in [3.63, 3.8) is 0 Å². The molecule has 11 heteroatoms. The lowest BCUT2D eigenvalue weighted by Crippen LogP contribution is -2.50. The molecule has 1 aliphatic heterocycles. The minimum absolute atomic E-state index is 0.0970. The van der Waals surface area contributed by atoms with Gasteiger partial charge in [-0.3, -0.25) is 9.59 Å². The molecule has 0 unspecified atom stereocenters. The molecule has 3 aromatic rings. The van der Waals surface area contributed by atoms with E-state index in [0.29, 0.717) is 11.6 Å². The van der Waals surface area contributed by atoms with E-state index in [1.54, 1.807) is 16.5 Å². The number of ether oxygens (including phenoxy) is 1. The number of hydrogen-bond donors (Lipinski definition) is 2. The van der Waals surface area contributed by atoms with Gasteiger partial charge >= 0.3 is 0 Å². The summed E-state index contributed by atoms with van der Waals surface area (Å²) < 4.78 is 8.54. The molecule has 2 N–H and O–H groups in total. The van der Waals surface area contributed by atoms with Crippen LogP contribution in [0.1, 0.15) is 63.4 Å². The SMILES string of the molecule is COc1ccc(-n2ccc(CNC(=O)[C@@H]3C[C@@H](O)CN3C(=O)[C@@H](n3cc(C4CC4)nn3)C(C)(C)C)n2)cc1. The topological polar surface area (TPSA) is 127 Å². The quantitative estimate of drug-likeness (QED) is 0.465. The smallest absolute Gasteiger partial charge is 0.248 e. The number of hydrogen-bond acceptors (Lipinski definition) is 7. The number of β-amino-alcohol motifs (C(OH)–C–C–N with tert-alkyl or cyclic N) is 1. The molecule has 2 aliphatic rings. The van der Waals surface area contributed by atoms with Gasteiger partial charge in [0.25, 0.3) is 0 Å². The molecule has 5 rings (SSSR count). The number of amides is 2. The van der Waals surface area contributed by atoms with E-state index < -0.39 is 23.6 Å². The largest absolute Gasteiger partial charge is 0.497 e. The molecule has 38 heavy (non-hydrogen) atoms. The highest BCUT2D eigenvalue weighted by atomic mass is 16.5. The van der Waals surface area contributed by atoms with Crippen LogP contribution in [0.3, 0.4) is 0 Å². The third kappa shape index (κ3) is 5.42. The molecule has 3 atom stereocenters. The molecule has 2 amide bonds. The second-order valence-corrected chi connectivity index (χ2v) is 11.2. The summed E-state index contributed by atoms with van der Waals surface area (Å²) in [5.74, 6) is 0.607. The lowest BCUT2D eigenvalue weighted by Gasteiger charge is -2.34. The van der Waals surface area contributed by atoms with Crippen molar-refractivity contribution in [2.75, 3.05) is 13.7 Å². The Morgan fingerprint density at radius 2 is 1.92 bits per heavy atom. The molecule has 1 aromatic carbocycles. The molecular weight excluding hydrogens is 486 g/mol. The Morgan fingerprint density at radius 3 is 2.58 bits per heavy atom. The average molecular weight is 522 g/mol. The average Bonchev–Trinajstić information content (AvgIpc) is 3.26. The number of carbonyl (C=O) groups excluding carboxylic acids is 2. The molecule has 11 nitrogen and oxygen atoms in total. The van der Waals surface area contributed by atoms with Gasteiger partial charge in [0, 0.05) is 31.3 Å². The maximum Gasteiger partial charge on any atom is 0.248 e. The number of likely N-dealkylation sites (tertiary alicyclic amines) is 1. The summed E-state index contributed by atoms with van der Waals surface area (Å²) in [7, 11) is 1.62. The lowest BCUT2D eigenvalue weighted by atomic mass is 9.85. The van der Waals surface area contributed by atoms with Crippen LogP contribution >= 0.6 is 0 Å². The van der Waals surface area contributed by atoms with Crippen LogP contribution in [-0.4, -0.2) is 72.4 Å². The van der Waals surface area contributed by atoms with Gasteiger partial charge in [0.1, 0.15) is 17.8 Å². The van der Waals surface area contributed by atoms with Gasteiger partial charge in [0.2, 0.25) is 11.8 Å². The third-order valence-electron chi connectivity index (χ3n) is 7.13. The monoisotopic (exact) mass is 521 g/mol. The van der Waals surface area contributed by atoms with Gasteiger partial charge in [-0.25, -0.2) is 9.36 Å². The second-order valence-electron chi connectivity index (χ2n) is 11.2. The van der Waals surface area contributed by atoms with Gasteiger partial charge in [0.05, 0.1) is 36.8 Å². The number of methoxy groups -OCH3 is 1. The van der Waals surface area contributed by atoms with Crippen molar-refractivity contribution >= 4 is 11.8 Å². The minimum Gasteiger partial charge on any atom is -0.497 e.